The quantitative estimate of drug-likeness (QED) is 0.861. The van der Waals surface area contributed by atoms with Crippen LogP contribution in [-0.2, 0) is 6.42 Å². The van der Waals surface area contributed by atoms with Gasteiger partial charge in [-0.25, -0.2) is 0 Å². The molecule has 1 aliphatic rings. The van der Waals surface area contributed by atoms with Gasteiger partial charge in [-0.1, -0.05) is 38.0 Å². The lowest BCUT2D eigenvalue weighted by Gasteiger charge is -2.31. The van der Waals surface area contributed by atoms with Gasteiger partial charge in [-0.2, -0.15) is 0 Å². The molecule has 2 heterocycles. The van der Waals surface area contributed by atoms with Crippen molar-refractivity contribution in [1.29, 1.82) is 0 Å². The molecule has 1 saturated heterocycles. The number of H-pyrrole nitrogens is 1. The first-order valence-corrected chi connectivity index (χ1v) is 8.14. The third kappa shape index (κ3) is 3.06. The standard InChI is InChI=1S/C18H26N2/c1-2-5-15-8-11-20(12-9-15)13-10-16-14-19-18-7-4-3-6-17(16)18/h3-4,6-7,14-15,19H,2,5,8-13H2,1H3. The van der Waals surface area contributed by atoms with Crippen LogP contribution in [-0.4, -0.2) is 29.5 Å². The molecule has 0 atom stereocenters. The van der Waals surface area contributed by atoms with E-state index >= 15 is 0 Å². The summed E-state index contributed by atoms with van der Waals surface area (Å²) in [5, 5.41) is 1.40. The molecule has 0 aliphatic carbocycles. The second kappa shape index (κ2) is 6.45. The van der Waals surface area contributed by atoms with E-state index in [1.54, 1.807) is 0 Å². The van der Waals surface area contributed by atoms with Crippen molar-refractivity contribution in [3.8, 4) is 0 Å². The van der Waals surface area contributed by atoms with Crippen LogP contribution in [0.2, 0.25) is 0 Å². The fourth-order valence-corrected chi connectivity index (χ4v) is 3.52. The van der Waals surface area contributed by atoms with Crippen molar-refractivity contribution in [2.45, 2.75) is 39.0 Å². The largest absolute Gasteiger partial charge is 0.361 e. The van der Waals surface area contributed by atoms with Crippen molar-refractivity contribution < 1.29 is 0 Å². The first-order valence-electron chi connectivity index (χ1n) is 8.14. The summed E-state index contributed by atoms with van der Waals surface area (Å²) in [5.74, 6) is 0.990. The molecule has 108 valence electrons. The molecule has 2 heteroatoms. The molecule has 0 saturated carbocycles. The zero-order valence-electron chi connectivity index (χ0n) is 12.6. The first kappa shape index (κ1) is 13.7. The number of nitrogens with zero attached hydrogens (tertiary/aromatic N) is 1. The van der Waals surface area contributed by atoms with Crippen molar-refractivity contribution in [3.05, 3.63) is 36.0 Å². The van der Waals surface area contributed by atoms with Crippen LogP contribution in [0.25, 0.3) is 10.9 Å². The number of fused-ring (bicyclic) bond motifs is 1. The molecule has 0 amide bonds. The lowest BCUT2D eigenvalue weighted by molar-refractivity contribution is 0.180. The molecule has 0 spiro atoms. The molecule has 1 fully saturated rings. The van der Waals surface area contributed by atoms with E-state index in [9.17, 15) is 0 Å². The van der Waals surface area contributed by atoms with Gasteiger partial charge in [-0.15, -0.1) is 0 Å². The summed E-state index contributed by atoms with van der Waals surface area (Å²) < 4.78 is 0. The van der Waals surface area contributed by atoms with Crippen molar-refractivity contribution in [1.82, 2.24) is 9.88 Å². The van der Waals surface area contributed by atoms with Crippen LogP contribution >= 0.6 is 0 Å². The molecule has 2 aromatic rings. The number of rotatable bonds is 5. The van der Waals surface area contributed by atoms with Gasteiger partial charge in [0.15, 0.2) is 0 Å². The van der Waals surface area contributed by atoms with Gasteiger partial charge in [0.1, 0.15) is 0 Å². The summed E-state index contributed by atoms with van der Waals surface area (Å²) in [6, 6.07) is 8.63. The molecule has 1 aliphatic heterocycles. The Morgan fingerprint density at radius 3 is 2.80 bits per heavy atom. The molecule has 0 unspecified atom stereocenters. The van der Waals surface area contributed by atoms with Crippen LogP contribution < -0.4 is 0 Å². The van der Waals surface area contributed by atoms with E-state index in [4.69, 9.17) is 0 Å². The fourth-order valence-electron chi connectivity index (χ4n) is 3.52. The molecule has 3 rings (SSSR count). The highest BCUT2D eigenvalue weighted by molar-refractivity contribution is 5.83. The van der Waals surface area contributed by atoms with Crippen LogP contribution in [0.5, 0.6) is 0 Å². The van der Waals surface area contributed by atoms with Crippen molar-refractivity contribution in [3.63, 3.8) is 0 Å². The van der Waals surface area contributed by atoms with Crippen LogP contribution in [0, 0.1) is 5.92 Å². The van der Waals surface area contributed by atoms with Gasteiger partial charge < -0.3 is 9.88 Å². The van der Waals surface area contributed by atoms with E-state index in [-0.39, 0.29) is 0 Å². The lowest BCUT2D eigenvalue weighted by atomic mass is 9.92. The smallest absolute Gasteiger partial charge is 0.0456 e. The van der Waals surface area contributed by atoms with E-state index in [2.05, 4.69) is 47.3 Å². The Kier molecular flexibility index (Phi) is 4.41. The Morgan fingerprint density at radius 1 is 1.20 bits per heavy atom. The number of aromatic nitrogens is 1. The molecule has 20 heavy (non-hydrogen) atoms. The third-order valence-corrected chi connectivity index (χ3v) is 4.78. The summed E-state index contributed by atoms with van der Waals surface area (Å²) in [7, 11) is 0. The fraction of sp³-hybridized carbons (Fsp3) is 0.556. The van der Waals surface area contributed by atoms with Gasteiger partial charge >= 0.3 is 0 Å². The number of para-hydroxylation sites is 1. The molecular formula is C18H26N2. The van der Waals surface area contributed by atoms with Gasteiger partial charge in [0.2, 0.25) is 0 Å². The number of aromatic amines is 1. The highest BCUT2D eigenvalue weighted by Gasteiger charge is 2.18. The van der Waals surface area contributed by atoms with Crippen LogP contribution in [0.15, 0.2) is 30.5 Å². The van der Waals surface area contributed by atoms with Crippen LogP contribution in [0.1, 0.15) is 38.2 Å². The second-order valence-electron chi connectivity index (χ2n) is 6.18. The predicted molar refractivity (Wildman–Crippen MR) is 86.1 cm³/mol. The predicted octanol–water partition coefficient (Wildman–Crippen LogP) is 4.22. The lowest BCUT2D eigenvalue weighted by Crippen LogP contribution is -2.35. The maximum atomic E-state index is 3.38. The number of hydrogen-bond donors (Lipinski definition) is 1. The molecule has 2 nitrogen and oxygen atoms in total. The molecule has 0 radical (unpaired) electrons. The van der Waals surface area contributed by atoms with E-state index in [1.165, 1.54) is 68.2 Å². The minimum absolute atomic E-state index is 0.990. The Labute approximate surface area is 122 Å². The van der Waals surface area contributed by atoms with E-state index in [0.717, 1.165) is 5.92 Å². The summed E-state index contributed by atoms with van der Waals surface area (Å²) >= 11 is 0. The summed E-state index contributed by atoms with van der Waals surface area (Å²) in [6.45, 7) is 6.12. The SMILES string of the molecule is CCCC1CCN(CCc2c[nH]c3ccccc23)CC1. The maximum Gasteiger partial charge on any atom is 0.0456 e. The highest BCUT2D eigenvalue weighted by Crippen LogP contribution is 2.23. The molecule has 0 bridgehead atoms. The second-order valence-corrected chi connectivity index (χ2v) is 6.18. The van der Waals surface area contributed by atoms with E-state index in [1.807, 2.05) is 0 Å². The summed E-state index contributed by atoms with van der Waals surface area (Å²) in [6.07, 6.45) is 8.94. The van der Waals surface area contributed by atoms with Gasteiger partial charge in [-0.3, -0.25) is 0 Å². The Bertz CT molecular complexity index is 535. The topological polar surface area (TPSA) is 19.0 Å². The normalized spacial score (nSPS) is 17.9. The van der Waals surface area contributed by atoms with Gasteiger partial charge in [0.05, 0.1) is 0 Å². The Hall–Kier alpha value is -1.28. The summed E-state index contributed by atoms with van der Waals surface area (Å²) in [4.78, 5) is 6.03. The highest BCUT2D eigenvalue weighted by atomic mass is 15.1. The molecule has 1 aromatic heterocycles. The minimum Gasteiger partial charge on any atom is -0.361 e. The number of likely N-dealkylation sites (tertiary alicyclic amines) is 1. The van der Waals surface area contributed by atoms with Crippen molar-refractivity contribution in [2.75, 3.05) is 19.6 Å². The zero-order chi connectivity index (χ0) is 13.8. The molecule has 1 N–H and O–H groups in total. The minimum atomic E-state index is 0.990. The Balaban J connectivity index is 1.53. The number of benzene rings is 1. The van der Waals surface area contributed by atoms with E-state index < -0.39 is 0 Å². The number of piperidine rings is 1. The third-order valence-electron chi connectivity index (χ3n) is 4.78. The zero-order valence-corrected chi connectivity index (χ0v) is 12.6. The average molecular weight is 270 g/mol. The van der Waals surface area contributed by atoms with E-state index in [0.29, 0.717) is 0 Å². The van der Waals surface area contributed by atoms with Gasteiger partial charge in [-0.05, 0) is 49.9 Å². The van der Waals surface area contributed by atoms with Crippen LogP contribution in [0.3, 0.4) is 0 Å². The van der Waals surface area contributed by atoms with Crippen molar-refractivity contribution >= 4 is 10.9 Å². The molecular weight excluding hydrogens is 244 g/mol. The van der Waals surface area contributed by atoms with Crippen LogP contribution in [0.4, 0.5) is 0 Å². The van der Waals surface area contributed by atoms with Crippen molar-refractivity contribution in [2.24, 2.45) is 5.92 Å². The Morgan fingerprint density at radius 2 is 2.00 bits per heavy atom. The average Bonchev–Trinajstić information content (AvgIpc) is 2.90. The monoisotopic (exact) mass is 270 g/mol. The van der Waals surface area contributed by atoms with Gasteiger partial charge in [0, 0.05) is 23.6 Å². The van der Waals surface area contributed by atoms with Gasteiger partial charge in [0.25, 0.3) is 0 Å². The number of nitrogens with one attached hydrogen (secondary N) is 1. The first-order chi connectivity index (χ1) is 9.86. The number of hydrogen-bond acceptors (Lipinski definition) is 1. The summed E-state index contributed by atoms with van der Waals surface area (Å²) in [5.41, 5.74) is 2.74. The molecule has 1 aromatic carbocycles. The maximum absolute atomic E-state index is 3.38.